The number of nitrogens with zero attached hydrogens (tertiary/aromatic N) is 2. The lowest BCUT2D eigenvalue weighted by atomic mass is 9.82. The fourth-order valence-electron chi connectivity index (χ4n) is 4.45. The summed E-state index contributed by atoms with van der Waals surface area (Å²) in [5.74, 6) is -0.983. The minimum absolute atomic E-state index is 0.0429. The van der Waals surface area contributed by atoms with Gasteiger partial charge in [0.05, 0.1) is 11.3 Å². The quantitative estimate of drug-likeness (QED) is 0.220. The number of carbonyl (C=O) groups is 1. The van der Waals surface area contributed by atoms with Crippen molar-refractivity contribution in [3.05, 3.63) is 118 Å². The van der Waals surface area contributed by atoms with E-state index in [1.807, 2.05) is 79.7 Å². The number of oxime groups is 1. The molecule has 1 heterocycles. The van der Waals surface area contributed by atoms with Crippen LogP contribution in [-0.2, 0) is 0 Å². The van der Waals surface area contributed by atoms with Gasteiger partial charge in [0, 0.05) is 31.0 Å². The van der Waals surface area contributed by atoms with Crippen LogP contribution in [0.1, 0.15) is 39.4 Å². The van der Waals surface area contributed by atoms with E-state index in [-0.39, 0.29) is 11.5 Å². The van der Waals surface area contributed by atoms with Crippen LogP contribution in [-0.4, -0.2) is 40.5 Å². The van der Waals surface area contributed by atoms with Crippen molar-refractivity contribution >= 4 is 23.3 Å². The second-order valence-electron chi connectivity index (χ2n) is 8.76. The van der Waals surface area contributed by atoms with Gasteiger partial charge in [0.15, 0.2) is 0 Å². The van der Waals surface area contributed by atoms with Crippen molar-refractivity contribution in [2.45, 2.75) is 19.3 Å². The number of rotatable bonds is 7. The fourth-order valence-corrected chi connectivity index (χ4v) is 4.67. The van der Waals surface area contributed by atoms with Crippen LogP contribution in [0.5, 0.6) is 0 Å². The average molecular weight is 487 g/mol. The molecule has 0 radical (unpaired) electrons. The predicted octanol–water partition coefficient (Wildman–Crippen LogP) is 6.75. The third kappa shape index (κ3) is 5.64. The highest BCUT2D eigenvalue weighted by Crippen LogP contribution is 2.34. The molecule has 0 amide bonds. The summed E-state index contributed by atoms with van der Waals surface area (Å²) in [7, 11) is 1.99. The smallest absolute Gasteiger partial charge is 0.335 e. The number of aryl methyl sites for hydroxylation is 1. The molecule has 35 heavy (non-hydrogen) atoms. The van der Waals surface area contributed by atoms with Crippen molar-refractivity contribution in [3.63, 3.8) is 0 Å². The van der Waals surface area contributed by atoms with E-state index in [0.717, 1.165) is 33.4 Å². The van der Waals surface area contributed by atoms with Gasteiger partial charge in [-0.3, -0.25) is 0 Å². The summed E-state index contributed by atoms with van der Waals surface area (Å²) in [6, 6.07) is 21.0. The van der Waals surface area contributed by atoms with Crippen molar-refractivity contribution in [3.8, 4) is 11.1 Å². The molecule has 0 aromatic heterocycles. The van der Waals surface area contributed by atoms with E-state index in [0.29, 0.717) is 23.7 Å². The Hall–Kier alpha value is -3.83. The number of benzene rings is 3. The molecule has 0 bridgehead atoms. The SMILES string of the molecule is Cc1cc(Cl)ccc1C(CC(=NO)C1=CC=CN(C)C1)c1ccc(-c2ccc(C(=O)O)cc2)cc1. The largest absolute Gasteiger partial charge is 0.478 e. The van der Waals surface area contributed by atoms with Crippen LogP contribution in [0, 0.1) is 6.92 Å². The molecule has 178 valence electrons. The topological polar surface area (TPSA) is 73.1 Å². The lowest BCUT2D eigenvalue weighted by Gasteiger charge is -2.25. The van der Waals surface area contributed by atoms with Crippen molar-refractivity contribution in [2.24, 2.45) is 5.16 Å². The summed E-state index contributed by atoms with van der Waals surface area (Å²) < 4.78 is 0. The van der Waals surface area contributed by atoms with Gasteiger partial charge < -0.3 is 15.2 Å². The Labute approximate surface area is 210 Å². The number of carboxylic acids is 1. The Balaban J connectivity index is 1.69. The Morgan fingerprint density at radius 2 is 1.71 bits per heavy atom. The third-order valence-electron chi connectivity index (χ3n) is 6.33. The zero-order valence-corrected chi connectivity index (χ0v) is 20.4. The molecule has 5 nitrogen and oxygen atoms in total. The van der Waals surface area contributed by atoms with Gasteiger partial charge in [0.2, 0.25) is 0 Å². The molecule has 3 aromatic rings. The molecular weight excluding hydrogens is 460 g/mol. The van der Waals surface area contributed by atoms with E-state index < -0.39 is 5.97 Å². The maximum atomic E-state index is 11.2. The molecule has 0 saturated heterocycles. The molecule has 1 aliphatic heterocycles. The number of allylic oxidation sites excluding steroid dienone is 2. The summed E-state index contributed by atoms with van der Waals surface area (Å²) in [5, 5.41) is 23.4. The number of aromatic carboxylic acids is 1. The summed E-state index contributed by atoms with van der Waals surface area (Å²) >= 11 is 6.23. The number of likely N-dealkylation sites (N-methyl/N-ethyl adjacent to an activating group) is 1. The second-order valence-corrected chi connectivity index (χ2v) is 9.19. The van der Waals surface area contributed by atoms with E-state index in [1.165, 1.54) is 0 Å². The van der Waals surface area contributed by atoms with Crippen LogP contribution in [0.4, 0.5) is 0 Å². The van der Waals surface area contributed by atoms with E-state index in [9.17, 15) is 10.0 Å². The summed E-state index contributed by atoms with van der Waals surface area (Å²) in [4.78, 5) is 13.2. The molecule has 0 fully saturated rings. The molecule has 0 spiro atoms. The molecule has 1 atom stereocenters. The summed E-state index contributed by atoms with van der Waals surface area (Å²) in [6.45, 7) is 2.71. The van der Waals surface area contributed by atoms with Crippen molar-refractivity contribution in [1.82, 2.24) is 4.90 Å². The molecule has 6 heteroatoms. The number of carboxylic acid groups (broad SMARTS) is 1. The minimum atomic E-state index is -0.941. The first-order valence-corrected chi connectivity index (χ1v) is 11.7. The highest BCUT2D eigenvalue weighted by molar-refractivity contribution is 6.30. The number of halogens is 1. The van der Waals surface area contributed by atoms with E-state index in [2.05, 4.69) is 17.3 Å². The lowest BCUT2D eigenvalue weighted by molar-refractivity contribution is 0.0697. The first-order valence-electron chi connectivity index (χ1n) is 11.3. The monoisotopic (exact) mass is 486 g/mol. The standard InChI is InChI=1S/C29H27ClN2O3/c1-19-16-25(30)13-14-26(19)27(17-28(31-35)24-4-3-15-32(2)18-24)22-9-5-20(6-10-22)21-7-11-23(12-8-21)29(33)34/h3-16,27,35H,17-18H2,1-2H3,(H,33,34). The van der Waals surface area contributed by atoms with Crippen LogP contribution in [0.2, 0.25) is 5.02 Å². The highest BCUT2D eigenvalue weighted by Gasteiger charge is 2.22. The first kappa shape index (κ1) is 24.3. The molecule has 0 aliphatic carbocycles. The second kappa shape index (κ2) is 10.6. The van der Waals surface area contributed by atoms with Crippen molar-refractivity contribution in [2.75, 3.05) is 13.6 Å². The van der Waals surface area contributed by atoms with Crippen LogP contribution in [0.25, 0.3) is 11.1 Å². The van der Waals surface area contributed by atoms with Gasteiger partial charge in [0.1, 0.15) is 0 Å². The molecule has 1 aliphatic rings. The zero-order valence-electron chi connectivity index (χ0n) is 19.6. The van der Waals surface area contributed by atoms with Crippen molar-refractivity contribution < 1.29 is 15.1 Å². The van der Waals surface area contributed by atoms with Gasteiger partial charge in [0.25, 0.3) is 0 Å². The minimum Gasteiger partial charge on any atom is -0.478 e. The van der Waals surface area contributed by atoms with Crippen LogP contribution < -0.4 is 0 Å². The summed E-state index contributed by atoms with van der Waals surface area (Å²) in [5.41, 5.74) is 7.10. The molecular formula is C29H27ClN2O3. The fraction of sp³-hybridized carbons (Fsp3) is 0.172. The van der Waals surface area contributed by atoms with Gasteiger partial charge in [-0.2, -0.15) is 0 Å². The Morgan fingerprint density at radius 1 is 1.06 bits per heavy atom. The zero-order chi connectivity index (χ0) is 24.9. The van der Waals surface area contributed by atoms with Gasteiger partial charge >= 0.3 is 5.97 Å². The van der Waals surface area contributed by atoms with Crippen molar-refractivity contribution in [1.29, 1.82) is 0 Å². The highest BCUT2D eigenvalue weighted by atomic mass is 35.5. The van der Waals surface area contributed by atoms with Crippen LogP contribution in [0.3, 0.4) is 0 Å². The lowest BCUT2D eigenvalue weighted by Crippen LogP contribution is -2.23. The van der Waals surface area contributed by atoms with Gasteiger partial charge in [-0.15, -0.1) is 0 Å². The predicted molar refractivity (Wildman–Crippen MR) is 141 cm³/mol. The number of hydrogen-bond acceptors (Lipinski definition) is 4. The van der Waals surface area contributed by atoms with E-state index in [1.54, 1.807) is 12.1 Å². The normalized spacial score (nSPS) is 14.5. The van der Waals surface area contributed by atoms with Gasteiger partial charge in [-0.25, -0.2) is 4.79 Å². The van der Waals surface area contributed by atoms with E-state index >= 15 is 0 Å². The molecule has 0 saturated carbocycles. The van der Waals surface area contributed by atoms with Crippen LogP contribution in [0.15, 0.2) is 95.8 Å². The Kier molecular flexibility index (Phi) is 7.37. The Bertz CT molecular complexity index is 1310. The van der Waals surface area contributed by atoms with Crippen LogP contribution >= 0.6 is 11.6 Å². The molecule has 4 rings (SSSR count). The molecule has 3 aromatic carbocycles. The number of hydrogen-bond donors (Lipinski definition) is 2. The first-order chi connectivity index (χ1) is 16.9. The van der Waals surface area contributed by atoms with Gasteiger partial charge in [-0.1, -0.05) is 65.3 Å². The third-order valence-corrected chi connectivity index (χ3v) is 6.57. The van der Waals surface area contributed by atoms with Gasteiger partial charge in [-0.05, 0) is 76.9 Å². The Morgan fingerprint density at radius 3 is 2.29 bits per heavy atom. The maximum Gasteiger partial charge on any atom is 0.335 e. The molecule has 2 N–H and O–H groups in total. The maximum absolute atomic E-state index is 11.2. The average Bonchev–Trinajstić information content (AvgIpc) is 2.86. The van der Waals surface area contributed by atoms with E-state index in [4.69, 9.17) is 16.7 Å². The summed E-state index contributed by atoms with van der Waals surface area (Å²) in [6.07, 6.45) is 6.46. The molecule has 1 unspecified atom stereocenters.